The van der Waals surface area contributed by atoms with Crippen LogP contribution < -0.4 is 9.47 Å². The Morgan fingerprint density at radius 1 is 1.00 bits per heavy atom. The Morgan fingerprint density at radius 2 is 1.68 bits per heavy atom. The molecule has 5 rings (SSSR count). The summed E-state index contributed by atoms with van der Waals surface area (Å²) in [7, 11) is 1.58. The predicted molar refractivity (Wildman–Crippen MR) is 139 cm³/mol. The van der Waals surface area contributed by atoms with E-state index in [4.69, 9.17) is 13.9 Å². The van der Waals surface area contributed by atoms with Crippen molar-refractivity contribution < 1.29 is 28.6 Å². The number of carbonyl (C=O) groups excluding carboxylic acids is 2. The van der Waals surface area contributed by atoms with Crippen LogP contribution >= 0.6 is 0 Å². The summed E-state index contributed by atoms with van der Waals surface area (Å²) in [6, 6.07) is 22.6. The van der Waals surface area contributed by atoms with Crippen molar-refractivity contribution in [2.75, 3.05) is 7.11 Å². The molecule has 7 nitrogen and oxygen atoms in total. The number of Topliss-reactive ketones (excluding diaryl/α,β-unsaturated/α-hetero) is 1. The fourth-order valence-corrected chi connectivity index (χ4v) is 4.55. The number of aliphatic hydroxyl groups is 1. The lowest BCUT2D eigenvalue weighted by Crippen LogP contribution is -2.30. The van der Waals surface area contributed by atoms with Gasteiger partial charge in [0, 0.05) is 11.9 Å². The van der Waals surface area contributed by atoms with E-state index in [0.717, 1.165) is 10.9 Å². The molecule has 0 spiro atoms. The summed E-state index contributed by atoms with van der Waals surface area (Å²) in [5.74, 6) is -0.314. The minimum atomic E-state index is -0.816. The number of nitrogens with zero attached hydrogens (tertiary/aromatic N) is 1. The van der Waals surface area contributed by atoms with E-state index >= 15 is 0 Å². The lowest BCUT2D eigenvalue weighted by Gasteiger charge is -2.27. The van der Waals surface area contributed by atoms with Crippen LogP contribution in [0.3, 0.4) is 0 Å². The minimum absolute atomic E-state index is 0.000331. The van der Waals surface area contributed by atoms with E-state index in [0.29, 0.717) is 22.6 Å². The van der Waals surface area contributed by atoms with Crippen LogP contribution in [-0.4, -0.2) is 34.9 Å². The van der Waals surface area contributed by atoms with Gasteiger partial charge in [-0.1, -0.05) is 42.5 Å². The molecular weight excluding hydrogens is 470 g/mol. The van der Waals surface area contributed by atoms with E-state index in [1.807, 2.05) is 44.2 Å². The zero-order valence-electron chi connectivity index (χ0n) is 20.8. The maximum Gasteiger partial charge on any atom is 0.290 e. The molecule has 2 heterocycles. The highest BCUT2D eigenvalue weighted by atomic mass is 16.5. The SMILES string of the molecule is COc1ccc(CN2C(=O)C(O)=C(C(=O)c3cc4ccccc4o3)C2c2ccc(OC(C)C)cc2)cc1. The molecule has 1 aliphatic heterocycles. The number of fused-ring (bicyclic) bond motifs is 1. The number of rotatable bonds is 8. The number of para-hydroxylation sites is 1. The Morgan fingerprint density at radius 3 is 2.32 bits per heavy atom. The van der Waals surface area contributed by atoms with Crippen molar-refractivity contribution in [2.45, 2.75) is 32.5 Å². The minimum Gasteiger partial charge on any atom is -0.503 e. The van der Waals surface area contributed by atoms with Crippen LogP contribution in [0, 0.1) is 0 Å². The van der Waals surface area contributed by atoms with Crippen LogP contribution in [-0.2, 0) is 11.3 Å². The predicted octanol–water partition coefficient (Wildman–Crippen LogP) is 6.01. The van der Waals surface area contributed by atoms with Gasteiger partial charge < -0.3 is 23.9 Å². The molecule has 0 radical (unpaired) electrons. The number of amides is 1. The molecule has 188 valence electrons. The molecule has 37 heavy (non-hydrogen) atoms. The van der Waals surface area contributed by atoms with Crippen LogP contribution in [0.1, 0.15) is 41.6 Å². The molecule has 3 aromatic carbocycles. The second-order valence-corrected chi connectivity index (χ2v) is 9.16. The molecular formula is C30H27NO6. The molecule has 0 saturated carbocycles. The standard InChI is InChI=1S/C30H27NO6/c1-18(2)36-23-14-10-20(11-15-23)27-26(28(32)25-16-21-6-4-5-7-24(21)37-25)29(33)30(34)31(27)17-19-8-12-22(35-3)13-9-19/h4-16,18,27,33H,17H2,1-3H3. The largest absolute Gasteiger partial charge is 0.503 e. The molecule has 4 aromatic rings. The van der Waals surface area contributed by atoms with Crippen LogP contribution in [0.15, 0.2) is 94.6 Å². The summed E-state index contributed by atoms with van der Waals surface area (Å²) >= 11 is 0. The fourth-order valence-electron chi connectivity index (χ4n) is 4.55. The molecule has 0 saturated heterocycles. The highest BCUT2D eigenvalue weighted by molar-refractivity contribution is 6.16. The van der Waals surface area contributed by atoms with Gasteiger partial charge in [0.05, 0.1) is 24.8 Å². The second-order valence-electron chi connectivity index (χ2n) is 9.16. The van der Waals surface area contributed by atoms with Gasteiger partial charge >= 0.3 is 0 Å². The number of hydrogen-bond acceptors (Lipinski definition) is 6. The molecule has 1 aromatic heterocycles. The van der Waals surface area contributed by atoms with Gasteiger partial charge in [-0.05, 0) is 61.4 Å². The first-order valence-corrected chi connectivity index (χ1v) is 12.0. The normalized spacial score (nSPS) is 15.6. The first-order chi connectivity index (χ1) is 17.9. The molecule has 1 unspecified atom stereocenters. The van der Waals surface area contributed by atoms with E-state index in [-0.39, 0.29) is 24.0 Å². The topological polar surface area (TPSA) is 89.2 Å². The summed E-state index contributed by atoms with van der Waals surface area (Å²) < 4.78 is 16.8. The molecule has 1 aliphatic rings. The first-order valence-electron chi connectivity index (χ1n) is 12.0. The van der Waals surface area contributed by atoms with E-state index < -0.39 is 23.5 Å². The van der Waals surface area contributed by atoms with Gasteiger partial charge in [0.1, 0.15) is 17.1 Å². The highest BCUT2D eigenvalue weighted by Gasteiger charge is 2.44. The molecule has 0 fully saturated rings. The highest BCUT2D eigenvalue weighted by Crippen LogP contribution is 2.41. The summed E-state index contributed by atoms with van der Waals surface area (Å²) in [4.78, 5) is 28.5. The van der Waals surface area contributed by atoms with Crippen LogP contribution in [0.2, 0.25) is 0 Å². The third-order valence-electron chi connectivity index (χ3n) is 6.28. The van der Waals surface area contributed by atoms with Crippen molar-refractivity contribution >= 4 is 22.7 Å². The average molecular weight is 498 g/mol. The summed E-state index contributed by atoms with van der Waals surface area (Å²) in [6.45, 7) is 4.05. The van der Waals surface area contributed by atoms with E-state index in [9.17, 15) is 14.7 Å². The van der Waals surface area contributed by atoms with Crippen molar-refractivity contribution in [3.05, 3.63) is 107 Å². The monoisotopic (exact) mass is 497 g/mol. The molecule has 1 N–H and O–H groups in total. The van der Waals surface area contributed by atoms with Gasteiger partial charge in [-0.15, -0.1) is 0 Å². The van der Waals surface area contributed by atoms with Crippen molar-refractivity contribution in [1.29, 1.82) is 0 Å². The summed E-state index contributed by atoms with van der Waals surface area (Å²) in [5, 5.41) is 11.7. The van der Waals surface area contributed by atoms with Crippen molar-refractivity contribution in [1.82, 2.24) is 4.90 Å². The average Bonchev–Trinajstić information content (AvgIpc) is 3.44. The van der Waals surface area contributed by atoms with E-state index in [1.165, 1.54) is 4.90 Å². The van der Waals surface area contributed by atoms with E-state index in [1.54, 1.807) is 55.6 Å². The molecule has 1 amide bonds. The van der Waals surface area contributed by atoms with Crippen LogP contribution in [0.4, 0.5) is 0 Å². The summed E-state index contributed by atoms with van der Waals surface area (Å²) in [6.07, 6.45) is -0.000331. The fraction of sp³-hybridized carbons (Fsp3) is 0.200. The molecule has 1 atom stereocenters. The molecule has 0 aliphatic carbocycles. The first kappa shape index (κ1) is 24.2. The second kappa shape index (κ2) is 9.85. The summed E-state index contributed by atoms with van der Waals surface area (Å²) in [5.41, 5.74) is 2.03. The van der Waals surface area contributed by atoms with Crippen molar-refractivity contribution in [3.63, 3.8) is 0 Å². The number of benzene rings is 3. The Hall–Kier alpha value is -4.52. The zero-order chi connectivity index (χ0) is 26.1. The molecule has 0 bridgehead atoms. The Kier molecular flexibility index (Phi) is 6.44. The number of hydrogen-bond donors (Lipinski definition) is 1. The third-order valence-corrected chi connectivity index (χ3v) is 6.28. The maximum atomic E-state index is 13.7. The van der Waals surface area contributed by atoms with Gasteiger partial charge in [0.2, 0.25) is 5.78 Å². The number of methoxy groups -OCH3 is 1. The number of furan rings is 1. The third kappa shape index (κ3) is 4.68. The van der Waals surface area contributed by atoms with E-state index in [2.05, 4.69) is 0 Å². The van der Waals surface area contributed by atoms with Gasteiger partial charge in [0.25, 0.3) is 5.91 Å². The van der Waals surface area contributed by atoms with Gasteiger partial charge in [-0.25, -0.2) is 0 Å². The van der Waals surface area contributed by atoms with Gasteiger partial charge in [0.15, 0.2) is 11.5 Å². The Bertz CT molecular complexity index is 1450. The molecule has 7 heteroatoms. The van der Waals surface area contributed by atoms with Gasteiger partial charge in [-0.2, -0.15) is 0 Å². The van der Waals surface area contributed by atoms with Crippen molar-refractivity contribution in [2.24, 2.45) is 0 Å². The zero-order valence-corrected chi connectivity index (χ0v) is 20.8. The quantitative estimate of drug-likeness (QED) is 0.300. The Balaban J connectivity index is 1.55. The van der Waals surface area contributed by atoms with Gasteiger partial charge in [-0.3, -0.25) is 9.59 Å². The lowest BCUT2D eigenvalue weighted by atomic mass is 9.94. The Labute approximate surface area is 214 Å². The maximum absolute atomic E-state index is 13.7. The number of ketones is 1. The smallest absolute Gasteiger partial charge is 0.290 e. The number of aliphatic hydroxyl groups excluding tert-OH is 1. The van der Waals surface area contributed by atoms with Crippen LogP contribution in [0.5, 0.6) is 11.5 Å². The lowest BCUT2D eigenvalue weighted by molar-refractivity contribution is -0.130. The van der Waals surface area contributed by atoms with Crippen molar-refractivity contribution in [3.8, 4) is 11.5 Å². The number of ether oxygens (including phenoxy) is 2. The van der Waals surface area contributed by atoms with Crippen LogP contribution in [0.25, 0.3) is 11.0 Å². The number of carbonyl (C=O) groups is 2.